The van der Waals surface area contributed by atoms with Crippen molar-refractivity contribution < 1.29 is 4.42 Å². The molecule has 0 saturated carbocycles. The van der Waals surface area contributed by atoms with E-state index in [0.29, 0.717) is 39.6 Å². The summed E-state index contributed by atoms with van der Waals surface area (Å²) >= 11 is 0. The number of nitrogens with zero attached hydrogens (tertiary/aromatic N) is 6. The normalized spacial score (nSPS) is 12.1. The van der Waals surface area contributed by atoms with E-state index < -0.39 is 0 Å². The standard InChI is InChI=1S/C76H42N6O/c1-78-70-71(79-62-31-13-6-24-50(62)51-25-7-14-32-63(51)79)61(44-77)72(80-64-33-15-8-26-52(64)53-27-9-16-34-65(53)80)75(74(70)81-66-35-17-10-28-54(66)55-29-11-18-36-67(55)81)82-68-41-38-46(59-42-45-20-2-3-21-47(45)48-22-4-5-23-49(48)59)43-60(68)57-39-40-58-56-30-12-19-37-69(56)83-76(58)73(57)82/h2-43H. The molecule has 0 atom stereocenters. The summed E-state index contributed by atoms with van der Waals surface area (Å²) in [5.74, 6) is 0. The van der Waals surface area contributed by atoms with Gasteiger partial charge in [0.2, 0.25) is 5.69 Å². The van der Waals surface area contributed by atoms with Gasteiger partial charge >= 0.3 is 0 Å². The van der Waals surface area contributed by atoms with Gasteiger partial charge in [-0.05, 0) is 99.4 Å². The summed E-state index contributed by atoms with van der Waals surface area (Å²) in [5.41, 5.74) is 13.9. The van der Waals surface area contributed by atoms with Gasteiger partial charge in [0.15, 0.2) is 5.58 Å². The van der Waals surface area contributed by atoms with E-state index in [1.165, 1.54) is 16.2 Å². The summed E-state index contributed by atoms with van der Waals surface area (Å²) in [5, 5.41) is 27.6. The topological polar surface area (TPSA) is 61.0 Å². The quantitative estimate of drug-likeness (QED) is 0.127. The third-order valence-corrected chi connectivity index (χ3v) is 17.6. The van der Waals surface area contributed by atoms with Crippen molar-refractivity contribution in [1.82, 2.24) is 18.3 Å². The number of para-hydroxylation sites is 7. The van der Waals surface area contributed by atoms with Gasteiger partial charge in [0.1, 0.15) is 11.7 Å². The molecule has 0 N–H and O–H groups in total. The molecule has 382 valence electrons. The molecule has 7 heteroatoms. The van der Waals surface area contributed by atoms with Gasteiger partial charge in [-0.15, -0.1) is 0 Å². The second-order valence-electron chi connectivity index (χ2n) is 21.6. The first-order chi connectivity index (χ1) is 41.2. The lowest BCUT2D eigenvalue weighted by Crippen LogP contribution is -2.14. The second kappa shape index (κ2) is 16.9. The Balaban J connectivity index is 1.13. The summed E-state index contributed by atoms with van der Waals surface area (Å²) in [7, 11) is 0. The predicted molar refractivity (Wildman–Crippen MR) is 343 cm³/mol. The third kappa shape index (κ3) is 6.04. The monoisotopic (exact) mass is 1050 g/mol. The highest BCUT2D eigenvalue weighted by Crippen LogP contribution is 2.53. The average molecular weight is 1060 g/mol. The molecule has 0 aliphatic rings. The molecule has 18 aromatic rings. The lowest BCUT2D eigenvalue weighted by molar-refractivity contribution is 0.671. The van der Waals surface area contributed by atoms with E-state index in [-0.39, 0.29) is 0 Å². The molecule has 0 radical (unpaired) electrons. The molecule has 0 unspecified atom stereocenters. The summed E-state index contributed by atoms with van der Waals surface area (Å²) in [6.07, 6.45) is 0. The molecular formula is C76H42N6O. The Kier molecular flexibility index (Phi) is 9.23. The first-order valence-electron chi connectivity index (χ1n) is 27.9. The molecule has 0 aliphatic carbocycles. The van der Waals surface area contributed by atoms with Gasteiger partial charge in [0.05, 0.1) is 79.0 Å². The van der Waals surface area contributed by atoms with Crippen LogP contribution in [0.1, 0.15) is 5.56 Å². The molecule has 0 fully saturated rings. The fourth-order valence-electron chi connectivity index (χ4n) is 14.2. The molecule has 0 amide bonds. The molecule has 5 heterocycles. The Morgan fingerprint density at radius 3 is 1.31 bits per heavy atom. The fraction of sp³-hybridized carbons (Fsp3) is 0. The summed E-state index contributed by atoms with van der Waals surface area (Å²) in [6, 6.07) is 92.8. The van der Waals surface area contributed by atoms with Crippen LogP contribution in [0.15, 0.2) is 259 Å². The van der Waals surface area contributed by atoms with Crippen LogP contribution in [0.4, 0.5) is 5.69 Å². The highest BCUT2D eigenvalue weighted by atomic mass is 16.3. The molecular weight excluding hydrogens is 1010 g/mol. The first kappa shape index (κ1) is 45.2. The zero-order valence-electron chi connectivity index (χ0n) is 44.3. The van der Waals surface area contributed by atoms with E-state index in [9.17, 15) is 11.8 Å². The molecule has 83 heavy (non-hydrogen) atoms. The average Bonchev–Trinajstić information content (AvgIpc) is 2.65. The SMILES string of the molecule is [C-]#[N+]c1c(-n2c3ccccc3c3ccccc32)c(C#N)c(-n2c3ccccc3c3ccccc32)c(-n2c3ccc(-c4cc5ccccc5c5ccccc45)cc3c3ccc4c5ccccc5oc4c32)c1-n1c2ccccc2c2ccccc21. The van der Waals surface area contributed by atoms with Crippen molar-refractivity contribution >= 4 is 136 Å². The maximum absolute atomic E-state index is 12.7. The Morgan fingerprint density at radius 1 is 0.337 bits per heavy atom. The van der Waals surface area contributed by atoms with Crippen molar-refractivity contribution in [3.8, 4) is 39.9 Å². The Labute approximate surface area is 473 Å². The van der Waals surface area contributed by atoms with Crippen molar-refractivity contribution in [2.75, 3.05) is 0 Å². The van der Waals surface area contributed by atoms with E-state index in [4.69, 9.17) is 9.26 Å². The molecule has 0 saturated heterocycles. The van der Waals surface area contributed by atoms with Crippen LogP contribution in [0.2, 0.25) is 0 Å². The third-order valence-electron chi connectivity index (χ3n) is 17.6. The molecule has 0 aliphatic heterocycles. The minimum Gasteiger partial charge on any atom is -0.454 e. The number of hydrogen-bond acceptors (Lipinski definition) is 2. The first-order valence-corrected chi connectivity index (χ1v) is 27.9. The number of nitriles is 1. The van der Waals surface area contributed by atoms with Gasteiger partial charge in [0, 0.05) is 53.9 Å². The Hall–Kier alpha value is -11.6. The number of hydrogen-bond donors (Lipinski definition) is 0. The van der Waals surface area contributed by atoms with E-state index in [2.05, 4.69) is 255 Å². The minimum absolute atomic E-state index is 0.324. The summed E-state index contributed by atoms with van der Waals surface area (Å²) in [4.78, 5) is 4.81. The van der Waals surface area contributed by atoms with Crippen molar-refractivity contribution in [1.29, 1.82) is 5.26 Å². The molecule has 5 aromatic heterocycles. The Bertz CT molecular complexity index is 5670. The number of benzene rings is 13. The highest BCUT2D eigenvalue weighted by molar-refractivity contribution is 6.24. The van der Waals surface area contributed by atoms with Crippen molar-refractivity contribution in [2.24, 2.45) is 0 Å². The molecule has 0 spiro atoms. The zero-order valence-corrected chi connectivity index (χ0v) is 44.3. The number of fused-ring (bicyclic) bond motifs is 19. The Morgan fingerprint density at radius 2 is 0.771 bits per heavy atom. The van der Waals surface area contributed by atoms with Crippen molar-refractivity contribution in [3.05, 3.63) is 272 Å². The van der Waals surface area contributed by atoms with Gasteiger partial charge in [-0.1, -0.05) is 188 Å². The van der Waals surface area contributed by atoms with Crippen molar-refractivity contribution in [2.45, 2.75) is 0 Å². The molecule has 7 nitrogen and oxygen atoms in total. The minimum atomic E-state index is 0.324. The second-order valence-corrected chi connectivity index (χ2v) is 21.6. The van der Waals surface area contributed by atoms with Crippen LogP contribution in [0, 0.1) is 17.9 Å². The van der Waals surface area contributed by atoms with Gasteiger partial charge in [0.25, 0.3) is 0 Å². The zero-order chi connectivity index (χ0) is 54.6. The van der Waals surface area contributed by atoms with Crippen LogP contribution in [0.5, 0.6) is 0 Å². The molecule has 18 rings (SSSR count). The van der Waals surface area contributed by atoms with Crippen LogP contribution >= 0.6 is 0 Å². The summed E-state index contributed by atoms with van der Waals surface area (Å²) < 4.78 is 16.4. The van der Waals surface area contributed by atoms with Crippen LogP contribution in [0.3, 0.4) is 0 Å². The van der Waals surface area contributed by atoms with E-state index >= 15 is 0 Å². The predicted octanol–water partition coefficient (Wildman–Crippen LogP) is 20.4. The smallest absolute Gasteiger partial charge is 0.237 e. The maximum Gasteiger partial charge on any atom is 0.237 e. The molecule has 0 bridgehead atoms. The lowest BCUT2D eigenvalue weighted by Gasteiger charge is -2.27. The number of rotatable bonds is 5. The maximum atomic E-state index is 12.7. The number of furan rings is 1. The van der Waals surface area contributed by atoms with E-state index in [1.54, 1.807) is 0 Å². The lowest BCUT2D eigenvalue weighted by atomic mass is 9.92. The van der Waals surface area contributed by atoms with Crippen LogP contribution in [0.25, 0.3) is 169 Å². The fourth-order valence-corrected chi connectivity index (χ4v) is 14.2. The molecule has 13 aromatic carbocycles. The largest absolute Gasteiger partial charge is 0.454 e. The van der Waals surface area contributed by atoms with Gasteiger partial charge in [-0.25, -0.2) is 4.85 Å². The van der Waals surface area contributed by atoms with Gasteiger partial charge < -0.3 is 22.7 Å². The van der Waals surface area contributed by atoms with Gasteiger partial charge in [-0.3, -0.25) is 0 Å². The highest BCUT2D eigenvalue weighted by Gasteiger charge is 2.35. The number of aromatic nitrogens is 4. The van der Waals surface area contributed by atoms with E-state index in [0.717, 1.165) is 120 Å². The van der Waals surface area contributed by atoms with Crippen LogP contribution < -0.4 is 0 Å². The van der Waals surface area contributed by atoms with Crippen molar-refractivity contribution in [3.63, 3.8) is 0 Å². The van der Waals surface area contributed by atoms with E-state index in [1.807, 2.05) is 24.3 Å². The van der Waals surface area contributed by atoms with Gasteiger partial charge in [-0.2, -0.15) is 5.26 Å². The van der Waals surface area contributed by atoms with Crippen LogP contribution in [-0.4, -0.2) is 18.3 Å². The summed E-state index contributed by atoms with van der Waals surface area (Å²) in [6.45, 7) is 9.90. The van der Waals surface area contributed by atoms with Crippen LogP contribution in [-0.2, 0) is 0 Å².